The molecule has 2 rings (SSSR count). The number of benzene rings is 1. The summed E-state index contributed by atoms with van der Waals surface area (Å²) in [6, 6.07) is 10.2. The summed E-state index contributed by atoms with van der Waals surface area (Å²) in [5.41, 5.74) is 0.220. The van der Waals surface area contributed by atoms with E-state index >= 15 is 0 Å². The average molecular weight is 345 g/mol. The molecular weight excluding hydrogens is 330 g/mol. The van der Waals surface area contributed by atoms with Crippen molar-refractivity contribution in [3.63, 3.8) is 0 Å². The van der Waals surface area contributed by atoms with E-state index in [1.54, 1.807) is 24.3 Å². The number of methoxy groups -OCH3 is 1. The van der Waals surface area contributed by atoms with Crippen molar-refractivity contribution in [1.82, 2.24) is 5.32 Å². The van der Waals surface area contributed by atoms with Crippen molar-refractivity contribution >= 4 is 35.2 Å². The minimum absolute atomic E-state index is 0.220. The van der Waals surface area contributed by atoms with Gasteiger partial charge >= 0.3 is 5.97 Å². The molecule has 0 aliphatic rings. The summed E-state index contributed by atoms with van der Waals surface area (Å²) in [6.07, 6.45) is 2.81. The number of carbonyl (C=O) groups is 3. The molecule has 0 bridgehead atoms. The number of thiophene rings is 1. The Morgan fingerprint density at radius 1 is 1.17 bits per heavy atom. The number of carbonyl (C=O) groups excluding carboxylic acids is 3. The lowest BCUT2D eigenvalue weighted by molar-refractivity contribution is -0.143. The Morgan fingerprint density at radius 3 is 2.67 bits per heavy atom. The molecule has 0 saturated carbocycles. The van der Waals surface area contributed by atoms with Crippen LogP contribution in [0.4, 0.5) is 0 Å². The summed E-state index contributed by atoms with van der Waals surface area (Å²) >= 11 is 1.47. The Kier molecular flexibility index (Phi) is 6.27. The molecule has 124 valence electrons. The second-order valence-electron chi connectivity index (χ2n) is 4.53. The van der Waals surface area contributed by atoms with E-state index in [0.717, 1.165) is 4.88 Å². The maximum absolute atomic E-state index is 12.0. The van der Waals surface area contributed by atoms with E-state index in [2.05, 4.69) is 5.32 Å². The Morgan fingerprint density at radius 2 is 1.96 bits per heavy atom. The zero-order valence-electron chi connectivity index (χ0n) is 12.9. The Hall–Kier alpha value is -2.93. The fraction of sp³-hybridized carbons (Fsp3) is 0.118. The van der Waals surface area contributed by atoms with Crippen molar-refractivity contribution in [2.75, 3.05) is 13.7 Å². The standard InChI is InChI=1S/C17H15NO5S/c1-22-14-7-3-2-6-13(14)17(21)18-15(19)11-23-16(20)9-8-12-5-4-10-24-12/h2-10H,11H2,1H3,(H,18,19,21)/b9-8+. The monoisotopic (exact) mass is 345 g/mol. The molecule has 0 unspecified atom stereocenters. The van der Waals surface area contributed by atoms with E-state index < -0.39 is 24.4 Å². The van der Waals surface area contributed by atoms with E-state index in [9.17, 15) is 14.4 Å². The number of amides is 2. The number of nitrogens with one attached hydrogen (secondary N) is 1. The van der Waals surface area contributed by atoms with Gasteiger partial charge in [-0.25, -0.2) is 4.79 Å². The van der Waals surface area contributed by atoms with Gasteiger partial charge in [0.1, 0.15) is 5.75 Å². The van der Waals surface area contributed by atoms with Crippen molar-refractivity contribution in [3.8, 4) is 5.75 Å². The molecule has 7 heteroatoms. The summed E-state index contributed by atoms with van der Waals surface area (Å²) in [6.45, 7) is -0.547. The summed E-state index contributed by atoms with van der Waals surface area (Å²) in [5, 5.41) is 4.02. The highest BCUT2D eigenvalue weighted by Gasteiger charge is 2.15. The maximum atomic E-state index is 12.0. The Balaban J connectivity index is 1.82. The van der Waals surface area contributed by atoms with Crippen LogP contribution in [0.5, 0.6) is 5.75 Å². The number of esters is 1. The molecule has 0 saturated heterocycles. The lowest BCUT2D eigenvalue weighted by atomic mass is 10.2. The highest BCUT2D eigenvalue weighted by atomic mass is 32.1. The third-order valence-electron chi connectivity index (χ3n) is 2.88. The highest BCUT2D eigenvalue weighted by Crippen LogP contribution is 2.16. The molecule has 1 aromatic carbocycles. The Bertz CT molecular complexity index is 752. The van der Waals surface area contributed by atoms with Crippen molar-refractivity contribution in [3.05, 3.63) is 58.3 Å². The van der Waals surface area contributed by atoms with Crippen LogP contribution < -0.4 is 10.1 Å². The predicted octanol–water partition coefficient (Wildman–Crippen LogP) is 2.27. The quantitative estimate of drug-likeness (QED) is 0.641. The molecular formula is C17H15NO5S. The van der Waals surface area contributed by atoms with Gasteiger partial charge in [-0.2, -0.15) is 0 Å². The van der Waals surface area contributed by atoms with Gasteiger partial charge in [-0.1, -0.05) is 18.2 Å². The Labute approximate surface area is 142 Å². The van der Waals surface area contributed by atoms with E-state index in [1.165, 1.54) is 30.6 Å². The molecule has 0 atom stereocenters. The molecule has 2 aromatic rings. The fourth-order valence-corrected chi connectivity index (χ4v) is 2.40. The van der Waals surface area contributed by atoms with Crippen LogP contribution >= 0.6 is 11.3 Å². The van der Waals surface area contributed by atoms with Crippen LogP contribution in [0.15, 0.2) is 47.9 Å². The molecule has 0 spiro atoms. The third-order valence-corrected chi connectivity index (χ3v) is 3.71. The molecule has 0 radical (unpaired) electrons. The molecule has 0 aliphatic heterocycles. The smallest absolute Gasteiger partial charge is 0.331 e. The number of imide groups is 1. The number of rotatable bonds is 6. The average Bonchev–Trinajstić information content (AvgIpc) is 3.11. The first kappa shape index (κ1) is 17.4. The van der Waals surface area contributed by atoms with Gasteiger partial charge in [-0.3, -0.25) is 14.9 Å². The summed E-state index contributed by atoms with van der Waals surface area (Å²) in [7, 11) is 1.43. The van der Waals surface area contributed by atoms with E-state index in [4.69, 9.17) is 9.47 Å². The van der Waals surface area contributed by atoms with Crippen molar-refractivity contribution in [1.29, 1.82) is 0 Å². The van der Waals surface area contributed by atoms with Gasteiger partial charge in [0, 0.05) is 11.0 Å². The first-order valence-electron chi connectivity index (χ1n) is 6.95. The van der Waals surface area contributed by atoms with Gasteiger partial charge in [0.2, 0.25) is 0 Å². The molecule has 1 N–H and O–H groups in total. The SMILES string of the molecule is COc1ccccc1C(=O)NC(=O)COC(=O)/C=C/c1cccs1. The van der Waals surface area contributed by atoms with Gasteiger partial charge in [0.05, 0.1) is 12.7 Å². The van der Waals surface area contributed by atoms with Crippen LogP contribution in [-0.2, 0) is 14.3 Å². The first-order chi connectivity index (χ1) is 11.6. The summed E-state index contributed by atoms with van der Waals surface area (Å²) in [5.74, 6) is -1.66. The van der Waals surface area contributed by atoms with Gasteiger partial charge in [-0.15, -0.1) is 11.3 Å². The number of para-hydroxylation sites is 1. The van der Waals surface area contributed by atoms with Crippen molar-refractivity contribution in [2.45, 2.75) is 0 Å². The molecule has 6 nitrogen and oxygen atoms in total. The van der Waals surface area contributed by atoms with E-state index in [0.29, 0.717) is 5.75 Å². The van der Waals surface area contributed by atoms with Crippen LogP contribution in [0.1, 0.15) is 15.2 Å². The van der Waals surface area contributed by atoms with Gasteiger partial charge in [0.25, 0.3) is 11.8 Å². The minimum Gasteiger partial charge on any atom is -0.496 e. The van der Waals surface area contributed by atoms with Crippen molar-refractivity contribution < 1.29 is 23.9 Å². The lowest BCUT2D eigenvalue weighted by Gasteiger charge is -2.08. The van der Waals surface area contributed by atoms with E-state index in [1.807, 2.05) is 17.5 Å². The molecule has 1 heterocycles. The third kappa shape index (κ3) is 5.06. The zero-order valence-corrected chi connectivity index (χ0v) is 13.7. The second kappa shape index (κ2) is 8.64. The first-order valence-corrected chi connectivity index (χ1v) is 7.83. The normalized spacial score (nSPS) is 10.4. The summed E-state index contributed by atoms with van der Waals surface area (Å²) < 4.78 is 9.83. The zero-order chi connectivity index (χ0) is 17.4. The molecule has 0 fully saturated rings. The van der Waals surface area contributed by atoms with Gasteiger partial charge in [-0.05, 0) is 29.7 Å². The number of hydrogen-bond acceptors (Lipinski definition) is 6. The fourth-order valence-electron chi connectivity index (χ4n) is 1.78. The minimum atomic E-state index is -0.719. The van der Waals surface area contributed by atoms with Crippen LogP contribution in [-0.4, -0.2) is 31.5 Å². The number of hydrogen-bond donors (Lipinski definition) is 1. The second-order valence-corrected chi connectivity index (χ2v) is 5.51. The van der Waals surface area contributed by atoms with Crippen LogP contribution in [0, 0.1) is 0 Å². The topological polar surface area (TPSA) is 81.7 Å². The maximum Gasteiger partial charge on any atom is 0.331 e. The van der Waals surface area contributed by atoms with Crippen LogP contribution in [0.25, 0.3) is 6.08 Å². The van der Waals surface area contributed by atoms with Gasteiger partial charge < -0.3 is 9.47 Å². The molecule has 2 amide bonds. The largest absolute Gasteiger partial charge is 0.496 e. The van der Waals surface area contributed by atoms with E-state index in [-0.39, 0.29) is 5.56 Å². The van der Waals surface area contributed by atoms with Gasteiger partial charge in [0.15, 0.2) is 6.61 Å². The van der Waals surface area contributed by atoms with Crippen LogP contribution in [0.2, 0.25) is 0 Å². The molecule has 1 aromatic heterocycles. The predicted molar refractivity (Wildman–Crippen MR) is 89.8 cm³/mol. The van der Waals surface area contributed by atoms with Crippen molar-refractivity contribution in [2.24, 2.45) is 0 Å². The lowest BCUT2D eigenvalue weighted by Crippen LogP contribution is -2.34. The summed E-state index contributed by atoms with van der Waals surface area (Å²) in [4.78, 5) is 36.1. The number of ether oxygens (including phenoxy) is 2. The highest BCUT2D eigenvalue weighted by molar-refractivity contribution is 7.10. The van der Waals surface area contributed by atoms with Crippen LogP contribution in [0.3, 0.4) is 0 Å². The molecule has 0 aliphatic carbocycles. The molecule has 24 heavy (non-hydrogen) atoms.